The van der Waals surface area contributed by atoms with Gasteiger partial charge in [-0.3, -0.25) is 9.59 Å². The molecule has 2 aliphatic rings. The van der Waals surface area contributed by atoms with E-state index in [1.807, 2.05) is 48.5 Å². The number of ether oxygens (including phenoxy) is 1. The molecule has 0 saturated heterocycles. The third-order valence-corrected chi connectivity index (χ3v) is 8.88. The average Bonchev–Trinajstić information content (AvgIpc) is 3.19. The topological polar surface area (TPSA) is 81.4 Å². The number of anilines is 1. The number of nitrogens with one attached hydrogen (secondary N) is 1. The number of carbonyl (C=O) groups excluding carboxylic acids is 2. The summed E-state index contributed by atoms with van der Waals surface area (Å²) in [6, 6.07) is 15.2. The minimum Gasteiger partial charge on any atom is -0.457 e. The van der Waals surface area contributed by atoms with E-state index in [9.17, 15) is 9.59 Å². The summed E-state index contributed by atoms with van der Waals surface area (Å²) in [5, 5.41) is 3.66. The summed E-state index contributed by atoms with van der Waals surface area (Å²) >= 11 is 1.51. The highest BCUT2D eigenvalue weighted by Gasteiger charge is 2.37. The van der Waals surface area contributed by atoms with Crippen molar-refractivity contribution >= 4 is 28.2 Å². The highest BCUT2D eigenvalue weighted by atomic mass is 32.1. The second-order valence-electron chi connectivity index (χ2n) is 9.95. The van der Waals surface area contributed by atoms with E-state index in [4.69, 9.17) is 10.5 Å². The van der Waals surface area contributed by atoms with E-state index in [1.165, 1.54) is 16.2 Å². The molecule has 3 aromatic rings. The van der Waals surface area contributed by atoms with Gasteiger partial charge in [0.1, 0.15) is 16.5 Å². The molecule has 2 aromatic carbocycles. The number of hydrogen-bond acceptors (Lipinski definition) is 4. The Labute approximate surface area is 204 Å². The number of carbonyl (C=O) groups is 2. The summed E-state index contributed by atoms with van der Waals surface area (Å²) < 4.78 is 6.04. The van der Waals surface area contributed by atoms with Gasteiger partial charge in [-0.15, -0.1) is 11.3 Å². The van der Waals surface area contributed by atoms with Gasteiger partial charge >= 0.3 is 0 Å². The van der Waals surface area contributed by atoms with Crippen LogP contribution in [0.25, 0.3) is 0 Å². The van der Waals surface area contributed by atoms with Crippen LogP contribution in [0.15, 0.2) is 48.5 Å². The molecule has 1 atom stereocenters. The number of amides is 2. The first kappa shape index (κ1) is 22.7. The van der Waals surface area contributed by atoms with Crippen molar-refractivity contribution in [3.05, 3.63) is 75.7 Å². The van der Waals surface area contributed by atoms with Crippen molar-refractivity contribution in [2.24, 2.45) is 17.1 Å². The Morgan fingerprint density at radius 2 is 1.71 bits per heavy atom. The first-order valence-corrected chi connectivity index (χ1v) is 12.7. The van der Waals surface area contributed by atoms with Crippen molar-refractivity contribution in [2.45, 2.75) is 52.4 Å². The molecule has 0 bridgehead atoms. The number of benzene rings is 2. The molecule has 0 fully saturated rings. The molecule has 2 amide bonds. The van der Waals surface area contributed by atoms with Crippen LogP contribution in [0, 0.1) is 11.3 Å². The van der Waals surface area contributed by atoms with Gasteiger partial charge in [-0.1, -0.05) is 63.6 Å². The Bertz CT molecular complexity index is 1230. The van der Waals surface area contributed by atoms with Crippen LogP contribution in [0.5, 0.6) is 11.5 Å². The molecular weight excluding hydrogens is 444 g/mol. The van der Waals surface area contributed by atoms with Crippen molar-refractivity contribution < 1.29 is 14.3 Å². The van der Waals surface area contributed by atoms with E-state index >= 15 is 0 Å². The zero-order valence-corrected chi connectivity index (χ0v) is 20.6. The molecular formula is C28H30N2O3S. The van der Waals surface area contributed by atoms with E-state index in [0.29, 0.717) is 28.0 Å². The Morgan fingerprint density at radius 3 is 2.29 bits per heavy atom. The molecule has 5 rings (SSSR count). The lowest BCUT2D eigenvalue weighted by molar-refractivity contribution is -0.116. The van der Waals surface area contributed by atoms with E-state index < -0.39 is 11.8 Å². The van der Waals surface area contributed by atoms with Gasteiger partial charge in [-0.05, 0) is 48.3 Å². The second-order valence-corrected chi connectivity index (χ2v) is 11.1. The number of rotatable bonds is 5. The third-order valence-electron chi connectivity index (χ3n) is 7.71. The lowest BCUT2D eigenvalue weighted by Gasteiger charge is -2.36. The number of thiophene rings is 1. The second kappa shape index (κ2) is 8.58. The standard InChI is InChI=1S/C28H30N2O3S/c1-4-28(2,3)16-13-14-19-22(15-16)34-27(24(19)25(29)31)30-26(32)23-17-9-5-7-11-20(17)33-21-12-8-6-10-18(21)23/h5-12,16,23H,4,13-15H2,1-3H3,(H2,29,31)(H,30,32). The van der Waals surface area contributed by atoms with Crippen molar-refractivity contribution in [3.63, 3.8) is 0 Å². The lowest BCUT2D eigenvalue weighted by atomic mass is 9.69. The zero-order valence-electron chi connectivity index (χ0n) is 19.8. The summed E-state index contributed by atoms with van der Waals surface area (Å²) in [5.41, 5.74) is 9.18. The van der Waals surface area contributed by atoms with Crippen molar-refractivity contribution in [1.29, 1.82) is 0 Å². The van der Waals surface area contributed by atoms with Crippen LogP contribution < -0.4 is 15.8 Å². The minimum absolute atomic E-state index is 0.185. The van der Waals surface area contributed by atoms with Gasteiger partial charge in [0.25, 0.3) is 5.91 Å². The van der Waals surface area contributed by atoms with Crippen LogP contribution >= 0.6 is 11.3 Å². The molecule has 34 heavy (non-hydrogen) atoms. The van der Waals surface area contributed by atoms with Crippen LogP contribution in [0.4, 0.5) is 5.00 Å². The minimum atomic E-state index is -0.534. The Morgan fingerprint density at radius 1 is 1.09 bits per heavy atom. The van der Waals surface area contributed by atoms with Crippen LogP contribution in [-0.2, 0) is 17.6 Å². The van der Waals surface area contributed by atoms with Gasteiger partial charge in [0.15, 0.2) is 0 Å². The van der Waals surface area contributed by atoms with Crippen LogP contribution in [0.1, 0.15) is 71.5 Å². The first-order valence-electron chi connectivity index (χ1n) is 11.9. The maximum atomic E-state index is 13.7. The monoisotopic (exact) mass is 474 g/mol. The molecule has 1 aliphatic heterocycles. The van der Waals surface area contributed by atoms with Gasteiger partial charge in [0.05, 0.1) is 11.5 Å². The number of para-hydroxylation sites is 2. The molecule has 5 nitrogen and oxygen atoms in total. The molecule has 176 valence electrons. The average molecular weight is 475 g/mol. The summed E-state index contributed by atoms with van der Waals surface area (Å²) in [5.74, 6) is 0.691. The number of hydrogen-bond donors (Lipinski definition) is 2. The van der Waals surface area contributed by atoms with Crippen molar-refractivity contribution in [3.8, 4) is 11.5 Å². The van der Waals surface area contributed by atoms with Gasteiger partial charge in [-0.2, -0.15) is 0 Å². The molecule has 0 saturated carbocycles. The van der Waals surface area contributed by atoms with E-state index in [1.54, 1.807) is 0 Å². The summed E-state index contributed by atoms with van der Waals surface area (Å²) in [7, 11) is 0. The van der Waals surface area contributed by atoms with Gasteiger partial charge in [0, 0.05) is 16.0 Å². The van der Waals surface area contributed by atoms with Gasteiger partial charge < -0.3 is 15.8 Å². The zero-order chi connectivity index (χ0) is 24.0. The van der Waals surface area contributed by atoms with E-state index in [-0.39, 0.29) is 11.3 Å². The van der Waals surface area contributed by atoms with Gasteiger partial charge in [-0.25, -0.2) is 0 Å². The third kappa shape index (κ3) is 3.80. The van der Waals surface area contributed by atoms with Crippen LogP contribution in [0.3, 0.4) is 0 Å². The predicted octanol–water partition coefficient (Wildman–Crippen LogP) is 6.26. The Kier molecular flexibility index (Phi) is 5.72. The fourth-order valence-electron chi connectivity index (χ4n) is 5.27. The molecule has 6 heteroatoms. The maximum Gasteiger partial charge on any atom is 0.251 e. The summed E-state index contributed by atoms with van der Waals surface area (Å²) in [6.07, 6.45) is 3.86. The molecule has 1 aliphatic carbocycles. The maximum absolute atomic E-state index is 13.7. The number of nitrogens with two attached hydrogens (primary N) is 1. The quantitative estimate of drug-likeness (QED) is 0.458. The number of fused-ring (bicyclic) bond motifs is 3. The van der Waals surface area contributed by atoms with Crippen LogP contribution in [-0.4, -0.2) is 11.8 Å². The predicted molar refractivity (Wildman–Crippen MR) is 136 cm³/mol. The van der Waals surface area contributed by atoms with Gasteiger partial charge in [0.2, 0.25) is 5.91 Å². The molecule has 0 spiro atoms. The van der Waals surface area contributed by atoms with E-state index in [2.05, 4.69) is 26.1 Å². The van der Waals surface area contributed by atoms with Crippen molar-refractivity contribution in [1.82, 2.24) is 0 Å². The lowest BCUT2D eigenvalue weighted by Crippen LogP contribution is -2.29. The molecule has 1 aromatic heterocycles. The highest BCUT2D eigenvalue weighted by Crippen LogP contribution is 2.47. The number of primary amides is 1. The molecule has 3 N–H and O–H groups in total. The molecule has 0 radical (unpaired) electrons. The normalized spacial score (nSPS) is 17.2. The summed E-state index contributed by atoms with van der Waals surface area (Å²) in [6.45, 7) is 6.86. The Balaban J connectivity index is 1.51. The molecule has 1 unspecified atom stereocenters. The van der Waals surface area contributed by atoms with E-state index in [0.717, 1.165) is 42.4 Å². The SMILES string of the molecule is CCC(C)(C)C1CCc2c(sc(NC(=O)C3c4ccccc4Oc4ccccc43)c2C(N)=O)C1. The fourth-order valence-corrected chi connectivity index (χ4v) is 6.60. The highest BCUT2D eigenvalue weighted by molar-refractivity contribution is 7.17. The smallest absolute Gasteiger partial charge is 0.251 e. The fraction of sp³-hybridized carbons (Fsp3) is 0.357. The summed E-state index contributed by atoms with van der Waals surface area (Å²) in [4.78, 5) is 27.4. The van der Waals surface area contributed by atoms with Crippen molar-refractivity contribution in [2.75, 3.05) is 5.32 Å². The largest absolute Gasteiger partial charge is 0.457 e. The van der Waals surface area contributed by atoms with Crippen LogP contribution in [0.2, 0.25) is 0 Å². The Hall–Kier alpha value is -3.12. The molecule has 2 heterocycles. The first-order chi connectivity index (χ1) is 16.3.